The third-order valence-electron chi connectivity index (χ3n) is 4.19. The number of piperidine rings is 1. The van der Waals surface area contributed by atoms with Crippen molar-refractivity contribution in [1.29, 1.82) is 0 Å². The summed E-state index contributed by atoms with van der Waals surface area (Å²) in [4.78, 5) is 22.4. The van der Waals surface area contributed by atoms with E-state index in [1.807, 2.05) is 0 Å². The maximum absolute atomic E-state index is 12.9. The predicted molar refractivity (Wildman–Crippen MR) is 98.6 cm³/mol. The fraction of sp³-hybridized carbons (Fsp3) is 0.533. The van der Waals surface area contributed by atoms with Gasteiger partial charge in [0.25, 0.3) is 5.69 Å². The highest BCUT2D eigenvalue weighted by Crippen LogP contribution is 2.27. The van der Waals surface area contributed by atoms with E-state index in [0.717, 1.165) is 0 Å². The van der Waals surface area contributed by atoms with Crippen LogP contribution in [0.5, 0.6) is 0 Å². The molecule has 1 heterocycles. The number of non-ortho nitro benzene ring substituents is 1. The van der Waals surface area contributed by atoms with E-state index in [9.17, 15) is 23.3 Å². The molecule has 1 fully saturated rings. The second-order valence-corrected chi connectivity index (χ2v) is 7.90. The van der Waals surface area contributed by atoms with Gasteiger partial charge in [0.2, 0.25) is 15.9 Å². The number of carbonyl (C=O) groups is 1. The zero-order chi connectivity index (χ0) is 18.6. The summed E-state index contributed by atoms with van der Waals surface area (Å²) in [6.07, 6.45) is 1.19. The first kappa shape index (κ1) is 22.3. The lowest BCUT2D eigenvalue weighted by Gasteiger charge is -2.31. The van der Waals surface area contributed by atoms with Crippen molar-refractivity contribution in [2.45, 2.75) is 24.7 Å². The standard InChI is InChI=1S/C15H22N4O5S.ClH/c1-11-9-13(19(21)22)4-5-14(11)25(23,24)18-8-2-3-12(10-18)15(20)17-7-6-16;/h4-5,9,12H,2-3,6-8,10,16H2,1H3,(H,17,20);1H. The number of nitrogens with two attached hydrogens (primary N) is 1. The Labute approximate surface area is 158 Å². The minimum Gasteiger partial charge on any atom is -0.355 e. The van der Waals surface area contributed by atoms with Crippen molar-refractivity contribution in [3.63, 3.8) is 0 Å². The van der Waals surface area contributed by atoms with E-state index in [4.69, 9.17) is 5.73 Å². The lowest BCUT2D eigenvalue weighted by Crippen LogP contribution is -2.46. The number of hydrogen-bond acceptors (Lipinski definition) is 6. The molecule has 1 saturated heterocycles. The van der Waals surface area contributed by atoms with Crippen molar-refractivity contribution in [3.8, 4) is 0 Å². The van der Waals surface area contributed by atoms with Gasteiger partial charge in [-0.25, -0.2) is 8.42 Å². The van der Waals surface area contributed by atoms with Gasteiger partial charge in [-0.05, 0) is 31.4 Å². The quantitative estimate of drug-likeness (QED) is 0.529. The third-order valence-corrected chi connectivity index (χ3v) is 6.21. The molecule has 0 radical (unpaired) electrons. The molecular weight excluding hydrogens is 384 g/mol. The molecule has 9 nitrogen and oxygen atoms in total. The van der Waals surface area contributed by atoms with Crippen LogP contribution in [0.4, 0.5) is 5.69 Å². The number of nitro groups is 1. The van der Waals surface area contributed by atoms with Gasteiger partial charge in [0.15, 0.2) is 0 Å². The first-order chi connectivity index (χ1) is 11.8. The van der Waals surface area contributed by atoms with Gasteiger partial charge in [0.1, 0.15) is 0 Å². The van der Waals surface area contributed by atoms with Gasteiger partial charge in [-0.2, -0.15) is 4.31 Å². The number of hydrogen-bond donors (Lipinski definition) is 2. The molecule has 1 aliphatic rings. The zero-order valence-electron chi connectivity index (χ0n) is 14.4. The molecule has 1 aromatic carbocycles. The predicted octanol–water partition coefficient (Wildman–Crippen LogP) is 0.801. The molecule has 0 aliphatic carbocycles. The summed E-state index contributed by atoms with van der Waals surface area (Å²) in [5.41, 5.74) is 5.51. The summed E-state index contributed by atoms with van der Waals surface area (Å²) in [6.45, 7) is 2.61. The molecule has 3 N–H and O–H groups in total. The summed E-state index contributed by atoms with van der Waals surface area (Å²) in [7, 11) is -3.82. The Morgan fingerprint density at radius 3 is 2.73 bits per heavy atom. The average molecular weight is 407 g/mol. The Morgan fingerprint density at radius 1 is 1.46 bits per heavy atom. The van der Waals surface area contributed by atoms with Gasteiger partial charge >= 0.3 is 0 Å². The monoisotopic (exact) mass is 406 g/mol. The van der Waals surface area contributed by atoms with E-state index in [1.54, 1.807) is 0 Å². The van der Waals surface area contributed by atoms with Crippen molar-refractivity contribution >= 4 is 34.0 Å². The molecule has 2 rings (SSSR count). The Bertz CT molecular complexity index is 771. The van der Waals surface area contributed by atoms with Crippen LogP contribution in [0.1, 0.15) is 18.4 Å². The van der Waals surface area contributed by atoms with E-state index >= 15 is 0 Å². The molecule has 146 valence electrons. The van der Waals surface area contributed by atoms with Crippen molar-refractivity contribution in [2.24, 2.45) is 11.7 Å². The Hall–Kier alpha value is -1.75. The minimum absolute atomic E-state index is 0. The molecule has 1 unspecified atom stereocenters. The van der Waals surface area contributed by atoms with E-state index in [0.29, 0.717) is 38.0 Å². The van der Waals surface area contributed by atoms with Crippen molar-refractivity contribution < 1.29 is 18.1 Å². The van der Waals surface area contributed by atoms with E-state index in [2.05, 4.69) is 5.32 Å². The largest absolute Gasteiger partial charge is 0.355 e. The highest BCUT2D eigenvalue weighted by atomic mass is 35.5. The first-order valence-corrected chi connectivity index (χ1v) is 9.44. The van der Waals surface area contributed by atoms with Crippen molar-refractivity contribution in [1.82, 2.24) is 9.62 Å². The summed E-state index contributed by atoms with van der Waals surface area (Å²) in [6, 6.07) is 3.67. The molecular formula is C15H23ClN4O5S. The van der Waals surface area contributed by atoms with Gasteiger partial charge in [-0.1, -0.05) is 0 Å². The highest BCUT2D eigenvalue weighted by Gasteiger charge is 2.34. The molecule has 1 aliphatic heterocycles. The van der Waals surface area contributed by atoms with Gasteiger partial charge in [0, 0.05) is 38.3 Å². The molecule has 0 bridgehead atoms. The van der Waals surface area contributed by atoms with Crippen LogP contribution in [0.3, 0.4) is 0 Å². The Morgan fingerprint density at radius 2 is 2.15 bits per heavy atom. The summed E-state index contributed by atoms with van der Waals surface area (Å²) >= 11 is 0. The lowest BCUT2D eigenvalue weighted by atomic mass is 9.99. The number of nitro benzene ring substituents is 1. The summed E-state index contributed by atoms with van der Waals surface area (Å²) < 4.78 is 27.0. The number of carbonyl (C=O) groups excluding carboxylic acids is 1. The number of amides is 1. The summed E-state index contributed by atoms with van der Waals surface area (Å²) in [5.74, 6) is -0.626. The molecule has 1 atom stereocenters. The lowest BCUT2D eigenvalue weighted by molar-refractivity contribution is -0.385. The maximum Gasteiger partial charge on any atom is 0.269 e. The zero-order valence-corrected chi connectivity index (χ0v) is 16.0. The summed E-state index contributed by atoms with van der Waals surface area (Å²) in [5, 5.41) is 13.5. The van der Waals surface area contributed by atoms with Crippen LogP contribution in [0.2, 0.25) is 0 Å². The van der Waals surface area contributed by atoms with Crippen LogP contribution in [0.15, 0.2) is 23.1 Å². The fourth-order valence-corrected chi connectivity index (χ4v) is 4.62. The van der Waals surface area contributed by atoms with Crippen LogP contribution in [0.25, 0.3) is 0 Å². The molecule has 0 spiro atoms. The van der Waals surface area contributed by atoms with Gasteiger partial charge in [-0.3, -0.25) is 14.9 Å². The SMILES string of the molecule is Cc1cc([N+](=O)[O-])ccc1S(=O)(=O)N1CCCC(C(=O)NCCN)C1.Cl. The van der Waals surface area contributed by atoms with Crippen LogP contribution in [-0.2, 0) is 14.8 Å². The van der Waals surface area contributed by atoms with Crippen LogP contribution in [-0.4, -0.2) is 49.7 Å². The molecule has 11 heteroatoms. The van der Waals surface area contributed by atoms with Crippen molar-refractivity contribution in [2.75, 3.05) is 26.2 Å². The van der Waals surface area contributed by atoms with E-state index in [-0.39, 0.29) is 35.4 Å². The van der Waals surface area contributed by atoms with Gasteiger partial charge in [0.05, 0.1) is 15.7 Å². The smallest absolute Gasteiger partial charge is 0.269 e. The van der Waals surface area contributed by atoms with Gasteiger partial charge in [-0.15, -0.1) is 12.4 Å². The Kier molecular flexibility index (Phi) is 7.94. The third kappa shape index (κ3) is 4.91. The fourth-order valence-electron chi connectivity index (χ4n) is 2.89. The molecule has 0 saturated carbocycles. The minimum atomic E-state index is -3.82. The second-order valence-electron chi connectivity index (χ2n) is 5.99. The number of rotatable bonds is 6. The number of nitrogens with zero attached hydrogens (tertiary/aromatic N) is 2. The van der Waals surface area contributed by atoms with Crippen LogP contribution < -0.4 is 11.1 Å². The highest BCUT2D eigenvalue weighted by molar-refractivity contribution is 7.89. The number of halogens is 1. The first-order valence-electron chi connectivity index (χ1n) is 8.00. The topological polar surface area (TPSA) is 136 Å². The maximum atomic E-state index is 12.9. The number of aryl methyl sites for hydroxylation is 1. The van der Waals surface area contributed by atoms with E-state index in [1.165, 1.54) is 29.4 Å². The van der Waals surface area contributed by atoms with Gasteiger partial charge < -0.3 is 11.1 Å². The number of benzene rings is 1. The molecule has 26 heavy (non-hydrogen) atoms. The molecule has 1 aromatic rings. The van der Waals surface area contributed by atoms with E-state index < -0.39 is 20.9 Å². The molecule has 1 amide bonds. The normalized spacial score (nSPS) is 18.0. The second kappa shape index (κ2) is 9.26. The van der Waals surface area contributed by atoms with Crippen LogP contribution >= 0.6 is 12.4 Å². The Balaban J connectivity index is 0.00000338. The van der Waals surface area contributed by atoms with Crippen LogP contribution in [0, 0.1) is 23.0 Å². The number of sulfonamides is 1. The van der Waals surface area contributed by atoms with Crippen molar-refractivity contribution in [3.05, 3.63) is 33.9 Å². The average Bonchev–Trinajstić information content (AvgIpc) is 2.59. The molecule has 0 aromatic heterocycles. The number of nitrogens with one attached hydrogen (secondary N) is 1.